The maximum Gasteiger partial charge on any atom is 0.410 e. The molecule has 1 N–H and O–H groups in total. The lowest BCUT2D eigenvalue weighted by atomic mass is 9.96. The minimum absolute atomic E-state index is 0.0252. The highest BCUT2D eigenvalue weighted by Crippen LogP contribution is 2.30. The second-order valence-corrected chi connectivity index (χ2v) is 8.00. The molecule has 2 saturated heterocycles. The van der Waals surface area contributed by atoms with Gasteiger partial charge in [0.25, 0.3) is 0 Å². The summed E-state index contributed by atoms with van der Waals surface area (Å²) in [5.41, 5.74) is -0.0176. The molecule has 164 valence electrons. The molecule has 0 saturated carbocycles. The van der Waals surface area contributed by atoms with Gasteiger partial charge in [-0.05, 0) is 45.1 Å². The van der Waals surface area contributed by atoms with Crippen LogP contribution in [0.25, 0.3) is 0 Å². The molecule has 1 aromatic rings. The summed E-state index contributed by atoms with van der Waals surface area (Å²) in [6, 6.07) is 9.46. The van der Waals surface area contributed by atoms with Gasteiger partial charge in [0.1, 0.15) is 12.1 Å². The Balaban J connectivity index is 1.52. The molecule has 2 aliphatic heterocycles. The van der Waals surface area contributed by atoms with E-state index in [1.54, 1.807) is 23.6 Å². The van der Waals surface area contributed by atoms with Crippen LogP contribution in [0.4, 0.5) is 9.59 Å². The summed E-state index contributed by atoms with van der Waals surface area (Å²) in [4.78, 5) is 40.8. The van der Waals surface area contributed by atoms with E-state index in [9.17, 15) is 14.4 Å². The lowest BCUT2D eigenvalue weighted by Crippen LogP contribution is -2.58. The second-order valence-electron chi connectivity index (χ2n) is 8.00. The van der Waals surface area contributed by atoms with Gasteiger partial charge in [-0.1, -0.05) is 30.3 Å². The predicted octanol–water partition coefficient (Wildman–Crippen LogP) is 2.91. The van der Waals surface area contributed by atoms with E-state index >= 15 is 0 Å². The number of likely N-dealkylation sites (tertiary alicyclic amines) is 2. The number of benzene rings is 1. The molecule has 2 aliphatic rings. The van der Waals surface area contributed by atoms with E-state index in [4.69, 9.17) is 9.47 Å². The van der Waals surface area contributed by atoms with Crippen molar-refractivity contribution in [1.82, 2.24) is 15.1 Å². The monoisotopic (exact) mass is 417 g/mol. The van der Waals surface area contributed by atoms with E-state index < -0.39 is 11.6 Å². The Kier molecular flexibility index (Phi) is 7.18. The van der Waals surface area contributed by atoms with E-state index in [0.717, 1.165) is 12.0 Å². The summed E-state index contributed by atoms with van der Waals surface area (Å²) in [5.74, 6) is -0.161. The van der Waals surface area contributed by atoms with Crippen LogP contribution in [-0.4, -0.2) is 65.7 Å². The number of hydrogen-bond donors (Lipinski definition) is 1. The number of rotatable bonds is 5. The Morgan fingerprint density at radius 2 is 1.77 bits per heavy atom. The Morgan fingerprint density at radius 1 is 1.07 bits per heavy atom. The smallest absolute Gasteiger partial charge is 0.410 e. The molecular formula is C22H31N3O5. The highest BCUT2D eigenvalue weighted by molar-refractivity contribution is 5.90. The molecular weight excluding hydrogens is 386 g/mol. The normalized spacial score (nSPS) is 21.9. The number of ether oxygens (including phenoxy) is 2. The molecule has 8 heteroatoms. The van der Waals surface area contributed by atoms with Gasteiger partial charge in [0, 0.05) is 25.7 Å². The minimum atomic E-state index is -0.925. The molecule has 1 atom stereocenters. The van der Waals surface area contributed by atoms with Gasteiger partial charge in [-0.3, -0.25) is 9.69 Å². The summed E-state index contributed by atoms with van der Waals surface area (Å²) >= 11 is 0. The second kappa shape index (κ2) is 9.82. The molecule has 0 bridgehead atoms. The summed E-state index contributed by atoms with van der Waals surface area (Å²) < 4.78 is 10.5. The first-order chi connectivity index (χ1) is 14.4. The third kappa shape index (κ3) is 5.04. The standard InChI is InChI=1S/C22H31N3O5/c1-3-29-20(27)24-14-10-18(11-15-24)23-19(26)22(2)12-7-13-25(22)21(28)30-16-17-8-5-4-6-9-17/h4-6,8-9,18H,3,7,10-16H2,1-2H3,(H,23,26). The van der Waals surface area contributed by atoms with Gasteiger partial charge in [0.05, 0.1) is 6.61 Å². The third-order valence-corrected chi connectivity index (χ3v) is 5.91. The highest BCUT2D eigenvalue weighted by Gasteiger charge is 2.47. The first-order valence-corrected chi connectivity index (χ1v) is 10.6. The first-order valence-electron chi connectivity index (χ1n) is 10.6. The minimum Gasteiger partial charge on any atom is -0.450 e. The maximum atomic E-state index is 13.1. The third-order valence-electron chi connectivity index (χ3n) is 5.91. The topological polar surface area (TPSA) is 88.2 Å². The number of carbonyl (C=O) groups excluding carboxylic acids is 3. The van der Waals surface area contributed by atoms with Crippen LogP contribution in [0.2, 0.25) is 0 Å². The molecule has 30 heavy (non-hydrogen) atoms. The fourth-order valence-corrected chi connectivity index (χ4v) is 4.05. The van der Waals surface area contributed by atoms with Crippen molar-refractivity contribution >= 4 is 18.1 Å². The Hall–Kier alpha value is -2.77. The van der Waals surface area contributed by atoms with E-state index in [1.807, 2.05) is 30.3 Å². The van der Waals surface area contributed by atoms with Gasteiger partial charge in [-0.15, -0.1) is 0 Å². The summed E-state index contributed by atoms with van der Waals surface area (Å²) in [6.45, 7) is 5.70. The van der Waals surface area contributed by atoms with Crippen molar-refractivity contribution < 1.29 is 23.9 Å². The van der Waals surface area contributed by atoms with Crippen LogP contribution in [0.5, 0.6) is 0 Å². The fraction of sp³-hybridized carbons (Fsp3) is 0.591. The number of piperidine rings is 1. The van der Waals surface area contributed by atoms with Crippen molar-refractivity contribution in [2.45, 2.75) is 57.7 Å². The molecule has 2 fully saturated rings. The van der Waals surface area contributed by atoms with Crippen LogP contribution >= 0.6 is 0 Å². The van der Waals surface area contributed by atoms with Crippen molar-refractivity contribution in [3.63, 3.8) is 0 Å². The van der Waals surface area contributed by atoms with Gasteiger partial charge in [0.15, 0.2) is 0 Å². The van der Waals surface area contributed by atoms with Gasteiger partial charge in [-0.2, -0.15) is 0 Å². The van der Waals surface area contributed by atoms with E-state index in [-0.39, 0.29) is 24.6 Å². The molecule has 0 radical (unpaired) electrons. The van der Waals surface area contributed by atoms with E-state index in [1.165, 1.54) is 0 Å². The fourth-order valence-electron chi connectivity index (χ4n) is 4.05. The van der Waals surface area contributed by atoms with E-state index in [0.29, 0.717) is 45.5 Å². The SMILES string of the molecule is CCOC(=O)N1CCC(NC(=O)C2(C)CCCN2C(=O)OCc2ccccc2)CC1. The van der Waals surface area contributed by atoms with Crippen molar-refractivity contribution in [1.29, 1.82) is 0 Å². The highest BCUT2D eigenvalue weighted by atomic mass is 16.6. The quantitative estimate of drug-likeness (QED) is 0.796. The van der Waals surface area contributed by atoms with Gasteiger partial charge in [0.2, 0.25) is 5.91 Å². The Labute approximate surface area is 177 Å². The largest absolute Gasteiger partial charge is 0.450 e. The van der Waals surface area contributed by atoms with Crippen LogP contribution in [0.3, 0.4) is 0 Å². The first kappa shape index (κ1) is 21.9. The number of amides is 3. The number of nitrogens with zero attached hydrogens (tertiary/aromatic N) is 2. The van der Waals surface area contributed by atoms with Gasteiger partial charge < -0.3 is 19.7 Å². The molecule has 2 heterocycles. The number of hydrogen-bond acceptors (Lipinski definition) is 5. The average molecular weight is 418 g/mol. The van der Waals surface area contributed by atoms with Crippen molar-refractivity contribution in [2.24, 2.45) is 0 Å². The number of nitrogens with one attached hydrogen (secondary N) is 1. The lowest BCUT2D eigenvalue weighted by Gasteiger charge is -2.36. The van der Waals surface area contributed by atoms with Crippen LogP contribution < -0.4 is 5.32 Å². The zero-order chi connectivity index (χ0) is 21.6. The zero-order valence-corrected chi connectivity index (χ0v) is 17.8. The molecule has 3 amide bonds. The molecule has 8 nitrogen and oxygen atoms in total. The zero-order valence-electron chi connectivity index (χ0n) is 17.8. The molecule has 0 spiro atoms. The summed E-state index contributed by atoms with van der Waals surface area (Å²) in [7, 11) is 0. The van der Waals surface area contributed by atoms with Crippen LogP contribution in [0, 0.1) is 0 Å². The molecule has 1 aromatic carbocycles. The van der Waals surface area contributed by atoms with Gasteiger partial charge >= 0.3 is 12.2 Å². The Bertz CT molecular complexity index is 748. The van der Waals surface area contributed by atoms with Crippen molar-refractivity contribution in [2.75, 3.05) is 26.2 Å². The van der Waals surface area contributed by atoms with Crippen molar-refractivity contribution in [3.8, 4) is 0 Å². The molecule has 3 rings (SSSR count). The molecule has 0 aromatic heterocycles. The average Bonchev–Trinajstić information content (AvgIpc) is 3.16. The number of carbonyl (C=O) groups is 3. The molecule has 1 unspecified atom stereocenters. The summed E-state index contributed by atoms with van der Waals surface area (Å²) in [5, 5.41) is 3.08. The van der Waals surface area contributed by atoms with E-state index in [2.05, 4.69) is 5.32 Å². The van der Waals surface area contributed by atoms with Crippen molar-refractivity contribution in [3.05, 3.63) is 35.9 Å². The maximum absolute atomic E-state index is 13.1. The van der Waals surface area contributed by atoms with Crippen LogP contribution in [-0.2, 0) is 20.9 Å². The lowest BCUT2D eigenvalue weighted by molar-refractivity contribution is -0.131. The summed E-state index contributed by atoms with van der Waals surface area (Å²) in [6.07, 6.45) is 1.91. The van der Waals surface area contributed by atoms with Gasteiger partial charge in [-0.25, -0.2) is 9.59 Å². The van der Waals surface area contributed by atoms with Crippen LogP contribution in [0.15, 0.2) is 30.3 Å². The Morgan fingerprint density at radius 3 is 2.43 bits per heavy atom. The van der Waals surface area contributed by atoms with Crippen LogP contribution in [0.1, 0.15) is 45.1 Å². The predicted molar refractivity (Wildman–Crippen MR) is 111 cm³/mol. The molecule has 0 aliphatic carbocycles.